The van der Waals surface area contributed by atoms with E-state index in [0.717, 1.165) is 5.69 Å². The molecule has 0 saturated carbocycles. The van der Waals surface area contributed by atoms with E-state index in [-0.39, 0.29) is 29.7 Å². The van der Waals surface area contributed by atoms with Crippen molar-refractivity contribution in [3.05, 3.63) is 64.1 Å². The number of carbonyl (C=O) groups is 3. The average molecular weight is 577 g/mol. The number of fused-ring (bicyclic) bond motifs is 3. The molecule has 0 bridgehead atoms. The summed E-state index contributed by atoms with van der Waals surface area (Å²) in [6.45, 7) is 0. The molecule has 1 amide bonds. The lowest BCUT2D eigenvalue weighted by atomic mass is 9.58. The molecule has 6 N–H and O–H groups in total. The van der Waals surface area contributed by atoms with E-state index in [1.54, 1.807) is 14.1 Å². The minimum absolute atomic E-state index is 0.0211. The van der Waals surface area contributed by atoms with Gasteiger partial charge < -0.3 is 36.0 Å². The Hall–Kier alpha value is -4.35. The maximum Gasteiger partial charge on any atom is 0.255 e. The van der Waals surface area contributed by atoms with E-state index in [4.69, 9.17) is 5.73 Å². The third kappa shape index (κ3) is 3.98. The Morgan fingerprint density at radius 3 is 2.24 bits per heavy atom. The van der Waals surface area contributed by atoms with Crippen LogP contribution in [0.15, 0.2) is 53.0 Å². The smallest absolute Gasteiger partial charge is 0.255 e. The van der Waals surface area contributed by atoms with Crippen molar-refractivity contribution in [1.29, 1.82) is 0 Å². The van der Waals surface area contributed by atoms with Crippen LogP contribution < -0.4 is 15.5 Å². The second-order valence-corrected chi connectivity index (χ2v) is 11.9. The van der Waals surface area contributed by atoms with Crippen molar-refractivity contribution < 1.29 is 34.8 Å². The minimum atomic E-state index is -2.68. The monoisotopic (exact) mass is 576 g/mol. The second-order valence-electron chi connectivity index (χ2n) is 11.9. The molecule has 3 aliphatic rings. The Bertz CT molecular complexity index is 1610. The number of allylic oxidation sites excluding steroid dienone is 1. The van der Waals surface area contributed by atoms with Gasteiger partial charge in [0.1, 0.15) is 22.8 Å². The molecule has 5 rings (SSSR count). The molecule has 3 aliphatic carbocycles. The lowest BCUT2D eigenvalue weighted by Crippen LogP contribution is -2.63. The van der Waals surface area contributed by atoms with Gasteiger partial charge in [0.05, 0.1) is 11.6 Å². The fourth-order valence-electron chi connectivity index (χ4n) is 6.87. The maximum absolute atomic E-state index is 14.2. The van der Waals surface area contributed by atoms with Gasteiger partial charge in [0.2, 0.25) is 5.78 Å². The van der Waals surface area contributed by atoms with E-state index >= 15 is 0 Å². The number of carbonyl (C=O) groups excluding carboxylic acids is 3. The number of nitrogens with two attached hydrogens (primary N) is 1. The van der Waals surface area contributed by atoms with E-state index < -0.39 is 58.0 Å². The number of aliphatic hydroxyl groups excluding tert-OH is 2. The first kappa shape index (κ1) is 29.2. The highest BCUT2D eigenvalue weighted by atomic mass is 16.3. The zero-order valence-electron chi connectivity index (χ0n) is 24.5. The number of likely N-dealkylation sites (N-methyl/N-ethyl adjacent to an activating group) is 1. The number of anilines is 2. The first-order chi connectivity index (χ1) is 19.6. The molecule has 0 unspecified atom stereocenters. The minimum Gasteiger partial charge on any atom is -0.510 e. The second kappa shape index (κ2) is 9.88. The van der Waals surface area contributed by atoms with Crippen LogP contribution in [-0.2, 0) is 16.0 Å². The number of nitrogens with zero attached hydrogens (tertiary/aromatic N) is 3. The number of hydrogen-bond donors (Lipinski definition) is 5. The molecular formula is C31H36N4O7. The van der Waals surface area contributed by atoms with Crippen molar-refractivity contribution in [3.8, 4) is 16.9 Å². The molecule has 4 atom stereocenters. The molecule has 2 aromatic rings. The highest BCUT2D eigenvalue weighted by Crippen LogP contribution is 2.54. The molecule has 0 aromatic heterocycles. The summed E-state index contributed by atoms with van der Waals surface area (Å²) in [5, 5.41) is 45.9. The van der Waals surface area contributed by atoms with Crippen LogP contribution in [-0.4, -0.2) is 96.7 Å². The summed E-state index contributed by atoms with van der Waals surface area (Å²) in [5.41, 5.74) is 4.93. The van der Waals surface area contributed by atoms with Crippen LogP contribution in [0.4, 0.5) is 11.4 Å². The number of benzene rings is 2. The van der Waals surface area contributed by atoms with Crippen LogP contribution >= 0.6 is 0 Å². The molecule has 11 heteroatoms. The number of rotatable bonds is 5. The molecule has 2 aromatic carbocycles. The summed E-state index contributed by atoms with van der Waals surface area (Å²) < 4.78 is 0. The van der Waals surface area contributed by atoms with Crippen LogP contribution in [0, 0.1) is 11.8 Å². The molecular weight excluding hydrogens is 540 g/mol. The van der Waals surface area contributed by atoms with E-state index in [2.05, 4.69) is 0 Å². The van der Waals surface area contributed by atoms with Gasteiger partial charge in [0, 0.05) is 56.6 Å². The number of amides is 1. The van der Waals surface area contributed by atoms with Crippen LogP contribution in [0.5, 0.6) is 5.75 Å². The van der Waals surface area contributed by atoms with Gasteiger partial charge in [0.15, 0.2) is 11.4 Å². The standard InChI is InChI=1S/C31H36N4O7/c1-33(2)16-9-7-8-14(10-16)17-13-20(34(3)4)18-11-15-12-19-24(35(5)6)27(38)23(30(32)41)29(40)31(19,42)28(39)21(15)26(37)22(18)25(17)36/h7-10,13,15,19,24,36,38-39,42H,11-12H2,1-6H3,(H2,32,41)/t15-,19-,24-,31-/m0/s1. The third-order valence-electron chi connectivity index (χ3n) is 8.85. The Morgan fingerprint density at radius 1 is 1.00 bits per heavy atom. The Morgan fingerprint density at radius 2 is 1.67 bits per heavy atom. The van der Waals surface area contributed by atoms with Gasteiger partial charge in [-0.15, -0.1) is 0 Å². The molecule has 222 valence electrons. The number of primary amides is 1. The summed E-state index contributed by atoms with van der Waals surface area (Å²) in [6, 6.07) is 8.25. The van der Waals surface area contributed by atoms with Crippen molar-refractivity contribution in [1.82, 2.24) is 4.90 Å². The molecule has 0 aliphatic heterocycles. The van der Waals surface area contributed by atoms with Gasteiger partial charge in [0.25, 0.3) is 5.91 Å². The molecule has 0 spiro atoms. The van der Waals surface area contributed by atoms with E-state index in [1.807, 2.05) is 68.3 Å². The SMILES string of the molecule is CN(C)c1cccc(-c2cc(N(C)C)c3c(c2O)C(=O)C2=C(O)[C@]4(O)C(=O)C(C(N)=O)=C(O)[C@@H](N(C)C)[C@@H]4C[C@@H]2C3)c1. The Balaban J connectivity index is 1.75. The fourth-order valence-corrected chi connectivity index (χ4v) is 6.87. The molecule has 0 saturated heterocycles. The van der Waals surface area contributed by atoms with Gasteiger partial charge in [-0.05, 0) is 62.2 Å². The summed E-state index contributed by atoms with van der Waals surface area (Å²) in [7, 11) is 10.6. The van der Waals surface area contributed by atoms with Gasteiger partial charge in [-0.3, -0.25) is 19.3 Å². The number of ketones is 2. The van der Waals surface area contributed by atoms with Gasteiger partial charge in [-0.25, -0.2) is 0 Å². The molecule has 0 radical (unpaired) electrons. The lowest BCUT2D eigenvalue weighted by molar-refractivity contribution is -0.148. The third-order valence-corrected chi connectivity index (χ3v) is 8.85. The first-order valence-corrected chi connectivity index (χ1v) is 13.6. The van der Waals surface area contributed by atoms with Crippen LogP contribution in [0.25, 0.3) is 11.1 Å². The largest absolute Gasteiger partial charge is 0.510 e. The molecule has 0 fully saturated rings. The lowest BCUT2D eigenvalue weighted by Gasteiger charge is -2.50. The van der Waals surface area contributed by atoms with E-state index in [1.165, 1.54) is 4.90 Å². The van der Waals surface area contributed by atoms with Crippen molar-refractivity contribution in [2.45, 2.75) is 24.5 Å². The number of hydrogen-bond acceptors (Lipinski definition) is 10. The maximum atomic E-state index is 14.2. The van der Waals surface area contributed by atoms with Crippen molar-refractivity contribution >= 4 is 28.8 Å². The average Bonchev–Trinajstić information content (AvgIpc) is 2.90. The molecule has 11 nitrogen and oxygen atoms in total. The van der Waals surface area contributed by atoms with Crippen LogP contribution in [0.1, 0.15) is 22.3 Å². The highest BCUT2D eigenvalue weighted by Gasteiger charge is 2.63. The quantitative estimate of drug-likeness (QED) is 0.332. The zero-order chi connectivity index (χ0) is 31.0. The molecule has 0 heterocycles. The summed E-state index contributed by atoms with van der Waals surface area (Å²) in [6.07, 6.45) is 0.250. The topological polar surface area (TPSA) is 168 Å². The fraction of sp³-hybridized carbons (Fsp3) is 0.387. The van der Waals surface area contributed by atoms with Gasteiger partial charge >= 0.3 is 0 Å². The number of aliphatic hydroxyl groups is 3. The van der Waals surface area contributed by atoms with E-state index in [9.17, 15) is 34.8 Å². The van der Waals surface area contributed by atoms with Gasteiger partial charge in [-0.2, -0.15) is 0 Å². The predicted molar refractivity (Wildman–Crippen MR) is 158 cm³/mol. The van der Waals surface area contributed by atoms with E-state index in [0.29, 0.717) is 22.4 Å². The predicted octanol–water partition coefficient (Wildman–Crippen LogP) is 1.92. The van der Waals surface area contributed by atoms with Crippen LogP contribution in [0.2, 0.25) is 0 Å². The van der Waals surface area contributed by atoms with Crippen molar-refractivity contribution in [3.63, 3.8) is 0 Å². The van der Waals surface area contributed by atoms with Crippen molar-refractivity contribution in [2.24, 2.45) is 17.6 Å². The summed E-state index contributed by atoms with van der Waals surface area (Å²) in [4.78, 5) is 45.3. The normalized spacial score (nSPS) is 25.3. The summed E-state index contributed by atoms with van der Waals surface area (Å²) >= 11 is 0. The van der Waals surface area contributed by atoms with Crippen LogP contribution in [0.3, 0.4) is 0 Å². The molecule has 42 heavy (non-hydrogen) atoms. The number of Topliss-reactive ketones (excluding diaryl/α,β-unsaturated/α-hetero) is 2. The van der Waals surface area contributed by atoms with Gasteiger partial charge in [-0.1, -0.05) is 12.1 Å². The number of phenolic OH excluding ortho intramolecular Hbond substituents is 1. The Kier molecular flexibility index (Phi) is 6.86. The number of aromatic hydroxyl groups is 1. The summed E-state index contributed by atoms with van der Waals surface area (Å²) in [5.74, 6) is -6.70. The number of phenols is 1. The van der Waals surface area contributed by atoms with Crippen molar-refractivity contribution in [2.75, 3.05) is 52.1 Å². The Labute approximate surface area is 243 Å². The zero-order valence-corrected chi connectivity index (χ0v) is 24.5. The highest BCUT2D eigenvalue weighted by molar-refractivity contribution is 6.25. The first-order valence-electron chi connectivity index (χ1n) is 13.6.